The minimum atomic E-state index is -1.66. The van der Waals surface area contributed by atoms with Crippen LogP contribution in [0.5, 0.6) is 5.75 Å². The van der Waals surface area contributed by atoms with E-state index in [0.717, 1.165) is 12.5 Å². The lowest BCUT2D eigenvalue weighted by Gasteiger charge is -2.22. The van der Waals surface area contributed by atoms with Crippen molar-refractivity contribution in [2.24, 2.45) is 5.92 Å². The van der Waals surface area contributed by atoms with Crippen molar-refractivity contribution in [3.8, 4) is 5.75 Å². The molecule has 7 heteroatoms. The Morgan fingerprint density at radius 1 is 1.50 bits per heavy atom. The van der Waals surface area contributed by atoms with E-state index < -0.39 is 34.1 Å². The van der Waals surface area contributed by atoms with Gasteiger partial charge in [0.2, 0.25) is 0 Å². The van der Waals surface area contributed by atoms with Crippen molar-refractivity contribution >= 4 is 28.7 Å². The Morgan fingerprint density at radius 2 is 2.23 bits per heavy atom. The summed E-state index contributed by atoms with van der Waals surface area (Å²) >= 11 is 4.38. The van der Waals surface area contributed by atoms with E-state index in [1.165, 1.54) is 13.2 Å². The van der Waals surface area contributed by atoms with E-state index in [1.54, 1.807) is 6.92 Å². The van der Waals surface area contributed by atoms with Gasteiger partial charge < -0.3 is 14.0 Å². The molecule has 1 aliphatic rings. The molecule has 3 atom stereocenters. The molecule has 1 aliphatic carbocycles. The summed E-state index contributed by atoms with van der Waals surface area (Å²) in [7, 11) is 1.30. The van der Waals surface area contributed by atoms with E-state index in [1.807, 2.05) is 0 Å². The highest BCUT2D eigenvalue weighted by atomic mass is 35.5. The molecular formula is C15H18ClFO4S. The number of benzene rings is 1. The van der Waals surface area contributed by atoms with E-state index in [4.69, 9.17) is 21.1 Å². The number of methoxy groups -OCH3 is 1. The molecule has 0 aromatic heterocycles. The number of hydrogen-bond acceptors (Lipinski definition) is 4. The summed E-state index contributed by atoms with van der Waals surface area (Å²) in [6.45, 7) is 2.12. The van der Waals surface area contributed by atoms with Crippen molar-refractivity contribution in [3.05, 3.63) is 23.0 Å². The van der Waals surface area contributed by atoms with Gasteiger partial charge >= 0.3 is 5.97 Å². The molecular weight excluding hydrogens is 331 g/mol. The molecule has 0 bridgehead atoms. The van der Waals surface area contributed by atoms with E-state index in [2.05, 4.69) is 0 Å². The fourth-order valence-corrected chi connectivity index (χ4v) is 4.72. The topological polar surface area (TPSA) is 58.6 Å². The highest BCUT2D eigenvalue weighted by Gasteiger charge is 2.43. The van der Waals surface area contributed by atoms with Gasteiger partial charge in [-0.2, -0.15) is 0 Å². The van der Waals surface area contributed by atoms with Gasteiger partial charge in [-0.25, -0.2) is 4.39 Å². The highest BCUT2D eigenvalue weighted by Crippen LogP contribution is 2.38. The minimum absolute atomic E-state index is 0.00857. The smallest absolute Gasteiger partial charge is 0.313 e. The number of esters is 1. The molecule has 0 aliphatic heterocycles. The monoisotopic (exact) mass is 348 g/mol. The van der Waals surface area contributed by atoms with Gasteiger partial charge in [0.1, 0.15) is 16.9 Å². The molecule has 1 fully saturated rings. The van der Waals surface area contributed by atoms with E-state index in [0.29, 0.717) is 19.4 Å². The molecule has 0 saturated heterocycles. The van der Waals surface area contributed by atoms with Crippen molar-refractivity contribution in [2.75, 3.05) is 13.7 Å². The van der Waals surface area contributed by atoms with Gasteiger partial charge in [0.25, 0.3) is 0 Å². The van der Waals surface area contributed by atoms with Crippen LogP contribution in [0, 0.1) is 11.7 Å². The summed E-state index contributed by atoms with van der Waals surface area (Å²) in [5.41, 5.74) is 0. The average Bonchev–Trinajstić information content (AvgIpc) is 2.98. The highest BCUT2D eigenvalue weighted by molar-refractivity contribution is 7.92. The van der Waals surface area contributed by atoms with Crippen molar-refractivity contribution in [1.82, 2.24) is 0 Å². The van der Waals surface area contributed by atoms with Gasteiger partial charge in [-0.05, 0) is 37.4 Å². The van der Waals surface area contributed by atoms with Crippen molar-refractivity contribution in [3.63, 3.8) is 0 Å². The Bertz CT molecular complexity index is 555. The SMILES string of the molecule is CCOc1cc(F)c([S+]([O-])C2CCCC2C(=O)OC)cc1Cl. The van der Waals surface area contributed by atoms with Crippen molar-refractivity contribution in [2.45, 2.75) is 36.3 Å². The minimum Gasteiger partial charge on any atom is -0.611 e. The summed E-state index contributed by atoms with van der Waals surface area (Å²) in [5, 5.41) is -0.241. The second-order valence-corrected chi connectivity index (χ2v) is 7.09. The normalized spacial score (nSPS) is 22.4. The lowest BCUT2D eigenvalue weighted by molar-refractivity contribution is -0.145. The lowest BCUT2D eigenvalue weighted by atomic mass is 10.1. The first kappa shape index (κ1) is 17.4. The first-order valence-corrected chi connectivity index (χ1v) is 8.69. The summed E-state index contributed by atoms with van der Waals surface area (Å²) in [4.78, 5) is 11.8. The summed E-state index contributed by atoms with van der Waals surface area (Å²) in [6.07, 6.45) is 1.97. The van der Waals surface area contributed by atoms with Gasteiger partial charge in [0.15, 0.2) is 10.7 Å². The average molecular weight is 349 g/mol. The maximum Gasteiger partial charge on any atom is 0.313 e. The summed E-state index contributed by atoms with van der Waals surface area (Å²) < 4.78 is 36.9. The van der Waals surface area contributed by atoms with Gasteiger partial charge in [-0.1, -0.05) is 11.6 Å². The predicted molar refractivity (Wildman–Crippen MR) is 82.1 cm³/mol. The maximum absolute atomic E-state index is 14.2. The molecule has 0 radical (unpaired) electrons. The first-order chi connectivity index (χ1) is 10.5. The Kier molecular flexibility index (Phi) is 5.94. The molecule has 122 valence electrons. The Hall–Kier alpha value is -0.980. The third-order valence-electron chi connectivity index (χ3n) is 3.73. The fraction of sp³-hybridized carbons (Fsp3) is 0.533. The molecule has 2 rings (SSSR count). The molecule has 22 heavy (non-hydrogen) atoms. The van der Waals surface area contributed by atoms with Gasteiger partial charge in [-0.15, -0.1) is 0 Å². The Labute approximate surface area is 137 Å². The van der Waals surface area contributed by atoms with Crippen LogP contribution in [-0.4, -0.2) is 29.5 Å². The van der Waals surface area contributed by atoms with Crippen LogP contribution in [0.15, 0.2) is 17.0 Å². The van der Waals surface area contributed by atoms with Crippen LogP contribution in [0.3, 0.4) is 0 Å². The Morgan fingerprint density at radius 3 is 2.86 bits per heavy atom. The van der Waals surface area contributed by atoms with Crippen LogP contribution in [0.2, 0.25) is 5.02 Å². The molecule has 0 N–H and O–H groups in total. The quantitative estimate of drug-likeness (QED) is 0.605. The number of ether oxygens (including phenoxy) is 2. The van der Waals surface area contributed by atoms with Crippen molar-refractivity contribution < 1.29 is 23.2 Å². The number of carbonyl (C=O) groups excluding carboxylic acids is 1. The van der Waals surface area contributed by atoms with Crippen LogP contribution >= 0.6 is 11.6 Å². The number of hydrogen-bond donors (Lipinski definition) is 0. The van der Waals surface area contributed by atoms with Gasteiger partial charge in [-0.3, -0.25) is 4.79 Å². The van der Waals surface area contributed by atoms with Crippen LogP contribution in [-0.2, 0) is 20.7 Å². The van der Waals surface area contributed by atoms with E-state index in [-0.39, 0.29) is 15.7 Å². The third-order valence-corrected chi connectivity index (χ3v) is 5.89. The fourth-order valence-electron chi connectivity index (χ4n) is 2.70. The second-order valence-electron chi connectivity index (χ2n) is 5.04. The largest absolute Gasteiger partial charge is 0.611 e. The molecule has 0 amide bonds. The van der Waals surface area contributed by atoms with Crippen LogP contribution in [0.25, 0.3) is 0 Å². The molecule has 4 nitrogen and oxygen atoms in total. The second kappa shape index (κ2) is 7.53. The molecule has 1 aromatic rings. The summed E-state index contributed by atoms with van der Waals surface area (Å²) in [6, 6.07) is 2.46. The molecule has 1 aromatic carbocycles. The number of carbonyl (C=O) groups is 1. The lowest BCUT2D eigenvalue weighted by Crippen LogP contribution is -2.32. The Balaban J connectivity index is 2.27. The zero-order chi connectivity index (χ0) is 16.3. The molecule has 0 spiro atoms. The zero-order valence-corrected chi connectivity index (χ0v) is 14.0. The van der Waals surface area contributed by atoms with E-state index in [9.17, 15) is 13.7 Å². The van der Waals surface area contributed by atoms with E-state index >= 15 is 0 Å². The maximum atomic E-state index is 14.2. The zero-order valence-electron chi connectivity index (χ0n) is 12.4. The van der Waals surface area contributed by atoms with Crippen molar-refractivity contribution in [1.29, 1.82) is 0 Å². The molecule has 0 heterocycles. The summed E-state index contributed by atoms with van der Waals surface area (Å²) in [5.74, 6) is -1.27. The third kappa shape index (κ3) is 3.50. The van der Waals surface area contributed by atoms with Crippen LogP contribution < -0.4 is 4.74 Å². The number of rotatable bonds is 5. The molecule has 3 unspecified atom stereocenters. The number of halogens is 2. The predicted octanol–water partition coefficient (Wildman–Crippen LogP) is 3.33. The van der Waals surface area contributed by atoms with Crippen LogP contribution in [0.4, 0.5) is 4.39 Å². The van der Waals surface area contributed by atoms with Crippen LogP contribution in [0.1, 0.15) is 26.2 Å². The van der Waals surface area contributed by atoms with Gasteiger partial charge in [0, 0.05) is 12.1 Å². The molecule has 1 saturated carbocycles. The first-order valence-electron chi connectivity index (χ1n) is 7.09. The standard InChI is InChI=1S/C15H18ClFO4S/c1-3-21-12-8-11(17)14(7-10(12)16)22(19)13-6-4-5-9(13)15(18)20-2/h7-9,13H,3-6H2,1-2H3. The van der Waals surface area contributed by atoms with Gasteiger partial charge in [0.05, 0.1) is 18.7 Å².